The fourth-order valence-electron chi connectivity index (χ4n) is 2.86. The minimum Gasteiger partial charge on any atom is -0.332 e. The van der Waals surface area contributed by atoms with Crippen molar-refractivity contribution < 1.29 is 0 Å². The molecular weight excluding hydrogens is 222 g/mol. The number of fused-ring (bicyclic) bond motifs is 1. The maximum absolute atomic E-state index is 4.18. The molecule has 0 amide bonds. The molecule has 0 saturated heterocycles. The Hall–Kier alpha value is -1.61. The number of rotatable bonds is 4. The zero-order chi connectivity index (χ0) is 12.4. The third kappa shape index (κ3) is 1.95. The van der Waals surface area contributed by atoms with Gasteiger partial charge in [-0.25, -0.2) is 4.98 Å². The van der Waals surface area contributed by atoms with Crippen LogP contribution in [0.4, 0.5) is 0 Å². The Balaban J connectivity index is 1.92. The van der Waals surface area contributed by atoms with Crippen molar-refractivity contribution in [3.05, 3.63) is 54.1 Å². The zero-order valence-electron chi connectivity index (χ0n) is 10.7. The first kappa shape index (κ1) is 11.5. The summed E-state index contributed by atoms with van der Waals surface area (Å²) in [6.45, 7) is 3.27. The van der Waals surface area contributed by atoms with Crippen molar-refractivity contribution in [1.82, 2.24) is 14.9 Å². The van der Waals surface area contributed by atoms with E-state index in [1.165, 1.54) is 11.1 Å². The number of hydrogen-bond acceptors (Lipinski definition) is 2. The summed E-state index contributed by atoms with van der Waals surface area (Å²) in [7, 11) is 0. The van der Waals surface area contributed by atoms with Gasteiger partial charge in [0.1, 0.15) is 0 Å². The quantitative estimate of drug-likeness (QED) is 0.892. The van der Waals surface area contributed by atoms with Crippen LogP contribution in [0.3, 0.4) is 0 Å². The molecule has 1 aromatic carbocycles. The predicted molar refractivity (Wildman–Crippen MR) is 72.4 cm³/mol. The Kier molecular flexibility index (Phi) is 3.15. The molecule has 0 spiro atoms. The van der Waals surface area contributed by atoms with Crippen molar-refractivity contribution in [2.24, 2.45) is 0 Å². The van der Waals surface area contributed by atoms with Crippen molar-refractivity contribution in [3.63, 3.8) is 0 Å². The van der Waals surface area contributed by atoms with Crippen LogP contribution in [0, 0.1) is 0 Å². The largest absolute Gasteiger partial charge is 0.332 e. The lowest BCUT2D eigenvalue weighted by molar-refractivity contribution is 0.381. The zero-order valence-corrected chi connectivity index (χ0v) is 10.7. The van der Waals surface area contributed by atoms with E-state index in [-0.39, 0.29) is 0 Å². The number of nitrogens with one attached hydrogen (secondary N) is 1. The summed E-state index contributed by atoms with van der Waals surface area (Å²) in [6.07, 6.45) is 8.11. The molecule has 18 heavy (non-hydrogen) atoms. The van der Waals surface area contributed by atoms with Gasteiger partial charge in [0.05, 0.1) is 18.4 Å². The predicted octanol–water partition coefficient (Wildman–Crippen LogP) is 2.72. The second kappa shape index (κ2) is 4.94. The Bertz CT molecular complexity index is 504. The van der Waals surface area contributed by atoms with Gasteiger partial charge in [0.25, 0.3) is 0 Å². The molecule has 0 radical (unpaired) electrons. The van der Waals surface area contributed by atoms with Gasteiger partial charge >= 0.3 is 0 Å². The van der Waals surface area contributed by atoms with Crippen molar-refractivity contribution in [3.8, 4) is 0 Å². The lowest BCUT2D eigenvalue weighted by Gasteiger charge is -2.23. The first-order valence-corrected chi connectivity index (χ1v) is 6.68. The average molecular weight is 241 g/mol. The topological polar surface area (TPSA) is 29.9 Å². The van der Waals surface area contributed by atoms with Crippen molar-refractivity contribution >= 4 is 0 Å². The van der Waals surface area contributed by atoms with Crippen molar-refractivity contribution in [1.29, 1.82) is 0 Å². The molecule has 0 fully saturated rings. The van der Waals surface area contributed by atoms with E-state index >= 15 is 0 Å². The van der Waals surface area contributed by atoms with Crippen LogP contribution in [0.2, 0.25) is 0 Å². The van der Waals surface area contributed by atoms with Crippen molar-refractivity contribution in [2.45, 2.75) is 31.8 Å². The molecule has 94 valence electrons. The molecule has 3 rings (SSSR count). The van der Waals surface area contributed by atoms with E-state index in [1.807, 2.05) is 12.5 Å². The molecule has 0 saturated carbocycles. The number of benzene rings is 1. The highest BCUT2D eigenvalue weighted by Crippen LogP contribution is 2.38. The molecule has 0 aliphatic heterocycles. The SMILES string of the molecule is CCCNC1c2ccccc2CC1n1ccnc1. The molecule has 1 N–H and O–H groups in total. The van der Waals surface area contributed by atoms with Gasteiger partial charge in [-0.1, -0.05) is 31.2 Å². The first-order chi connectivity index (χ1) is 8.90. The van der Waals surface area contributed by atoms with Crippen LogP contribution in [0.15, 0.2) is 43.0 Å². The van der Waals surface area contributed by atoms with Crippen LogP contribution in [0.1, 0.15) is 36.6 Å². The molecule has 3 heteroatoms. The summed E-state index contributed by atoms with van der Waals surface area (Å²) in [5.74, 6) is 0. The summed E-state index contributed by atoms with van der Waals surface area (Å²) in [5.41, 5.74) is 2.91. The molecule has 3 nitrogen and oxygen atoms in total. The number of imidazole rings is 1. The van der Waals surface area contributed by atoms with Gasteiger partial charge in [-0.2, -0.15) is 0 Å². The van der Waals surface area contributed by atoms with E-state index in [0.29, 0.717) is 12.1 Å². The van der Waals surface area contributed by atoms with Crippen LogP contribution >= 0.6 is 0 Å². The molecule has 1 aliphatic rings. The first-order valence-electron chi connectivity index (χ1n) is 6.68. The molecular formula is C15H19N3. The van der Waals surface area contributed by atoms with Crippen LogP contribution < -0.4 is 5.32 Å². The van der Waals surface area contributed by atoms with E-state index in [9.17, 15) is 0 Å². The number of aromatic nitrogens is 2. The maximum atomic E-state index is 4.18. The standard InChI is InChI=1S/C15H19N3/c1-2-7-17-15-13-6-4-3-5-12(13)10-14(15)18-9-8-16-11-18/h3-6,8-9,11,14-15,17H,2,7,10H2,1H3. The van der Waals surface area contributed by atoms with E-state index < -0.39 is 0 Å². The summed E-state index contributed by atoms with van der Waals surface area (Å²) in [5, 5.41) is 3.68. The number of hydrogen-bond donors (Lipinski definition) is 1. The lowest BCUT2D eigenvalue weighted by Crippen LogP contribution is -2.27. The monoisotopic (exact) mass is 241 g/mol. The summed E-state index contributed by atoms with van der Waals surface area (Å²) in [4.78, 5) is 4.18. The highest BCUT2D eigenvalue weighted by molar-refractivity contribution is 5.36. The molecule has 1 aromatic heterocycles. The average Bonchev–Trinajstić information content (AvgIpc) is 3.03. The Morgan fingerprint density at radius 1 is 1.39 bits per heavy atom. The van der Waals surface area contributed by atoms with E-state index in [2.05, 4.69) is 52.3 Å². The Morgan fingerprint density at radius 3 is 3.06 bits per heavy atom. The summed E-state index contributed by atoms with van der Waals surface area (Å²) >= 11 is 0. The second-order valence-electron chi connectivity index (χ2n) is 4.91. The fourth-order valence-corrected chi connectivity index (χ4v) is 2.86. The Morgan fingerprint density at radius 2 is 2.28 bits per heavy atom. The van der Waals surface area contributed by atoms with Crippen molar-refractivity contribution in [2.75, 3.05) is 6.54 Å². The minimum absolute atomic E-state index is 0.412. The van der Waals surface area contributed by atoms with Crippen LogP contribution in [0.5, 0.6) is 0 Å². The minimum atomic E-state index is 0.412. The summed E-state index contributed by atoms with van der Waals surface area (Å²) < 4.78 is 2.23. The van der Waals surface area contributed by atoms with Gasteiger partial charge in [0.15, 0.2) is 0 Å². The molecule has 1 aliphatic carbocycles. The normalized spacial score (nSPS) is 22.1. The van der Waals surface area contributed by atoms with Gasteiger partial charge in [-0.3, -0.25) is 0 Å². The van der Waals surface area contributed by atoms with Gasteiger partial charge < -0.3 is 9.88 Å². The smallest absolute Gasteiger partial charge is 0.0949 e. The van der Waals surface area contributed by atoms with E-state index in [1.54, 1.807) is 0 Å². The second-order valence-corrected chi connectivity index (χ2v) is 4.91. The van der Waals surface area contributed by atoms with Gasteiger partial charge in [0, 0.05) is 12.4 Å². The molecule has 2 unspecified atom stereocenters. The van der Waals surface area contributed by atoms with Gasteiger partial charge in [0.2, 0.25) is 0 Å². The molecule has 2 aromatic rings. The highest BCUT2D eigenvalue weighted by atomic mass is 15.1. The van der Waals surface area contributed by atoms with Gasteiger partial charge in [-0.05, 0) is 30.5 Å². The maximum Gasteiger partial charge on any atom is 0.0949 e. The molecule has 0 bridgehead atoms. The fraction of sp³-hybridized carbons (Fsp3) is 0.400. The molecule has 1 heterocycles. The van der Waals surface area contributed by atoms with Crippen LogP contribution in [-0.4, -0.2) is 16.1 Å². The molecule has 2 atom stereocenters. The van der Waals surface area contributed by atoms with Crippen LogP contribution in [0.25, 0.3) is 0 Å². The highest BCUT2D eigenvalue weighted by Gasteiger charge is 2.32. The number of nitrogens with zero attached hydrogens (tertiary/aromatic N) is 2. The summed E-state index contributed by atoms with van der Waals surface area (Å²) in [6, 6.07) is 9.63. The van der Waals surface area contributed by atoms with E-state index in [4.69, 9.17) is 0 Å². The van der Waals surface area contributed by atoms with Gasteiger partial charge in [-0.15, -0.1) is 0 Å². The lowest BCUT2D eigenvalue weighted by atomic mass is 10.1. The third-order valence-corrected chi connectivity index (χ3v) is 3.73. The Labute approximate surface area is 108 Å². The van der Waals surface area contributed by atoms with Crippen LogP contribution in [-0.2, 0) is 6.42 Å². The third-order valence-electron chi connectivity index (χ3n) is 3.73. The van der Waals surface area contributed by atoms with E-state index in [0.717, 1.165) is 19.4 Å².